The first-order valence-electron chi connectivity index (χ1n) is 6.26. The Hall–Kier alpha value is -0.620. The van der Waals surface area contributed by atoms with Crippen molar-refractivity contribution in [3.63, 3.8) is 0 Å². The van der Waals surface area contributed by atoms with Crippen molar-refractivity contribution in [3.8, 4) is 0 Å². The minimum Gasteiger partial charge on any atom is -0.381 e. The van der Waals surface area contributed by atoms with Crippen molar-refractivity contribution in [2.24, 2.45) is 0 Å². The highest BCUT2D eigenvalue weighted by Gasteiger charge is 2.28. The lowest BCUT2D eigenvalue weighted by Gasteiger charge is -2.29. The SMILES string of the molecule is CS(=O)(=O)C1CCCC(Nc2cc(F)ccc2Br)C1. The molecule has 1 fully saturated rings. The van der Waals surface area contributed by atoms with Gasteiger partial charge in [0.1, 0.15) is 15.7 Å². The van der Waals surface area contributed by atoms with Gasteiger partial charge < -0.3 is 5.32 Å². The Morgan fingerprint density at radius 2 is 2.11 bits per heavy atom. The van der Waals surface area contributed by atoms with Crippen molar-refractivity contribution >= 4 is 31.5 Å². The monoisotopic (exact) mass is 349 g/mol. The maximum atomic E-state index is 13.2. The fraction of sp³-hybridized carbons (Fsp3) is 0.538. The molecule has 0 aromatic heterocycles. The van der Waals surface area contributed by atoms with Crippen molar-refractivity contribution in [1.29, 1.82) is 0 Å². The summed E-state index contributed by atoms with van der Waals surface area (Å²) in [7, 11) is -3.00. The van der Waals surface area contributed by atoms with Crippen LogP contribution in [0, 0.1) is 5.82 Å². The molecule has 0 amide bonds. The van der Waals surface area contributed by atoms with E-state index in [-0.39, 0.29) is 17.1 Å². The lowest BCUT2D eigenvalue weighted by Crippen LogP contribution is -2.34. The van der Waals surface area contributed by atoms with Crippen LogP contribution in [0.15, 0.2) is 22.7 Å². The van der Waals surface area contributed by atoms with E-state index >= 15 is 0 Å². The smallest absolute Gasteiger partial charge is 0.150 e. The van der Waals surface area contributed by atoms with Gasteiger partial charge in [0.2, 0.25) is 0 Å². The third kappa shape index (κ3) is 3.92. The second-order valence-electron chi connectivity index (χ2n) is 5.08. The van der Waals surface area contributed by atoms with Crippen LogP contribution in [0.3, 0.4) is 0 Å². The topological polar surface area (TPSA) is 46.2 Å². The molecule has 2 unspecified atom stereocenters. The summed E-state index contributed by atoms with van der Waals surface area (Å²) in [5, 5.41) is 2.95. The molecule has 1 aliphatic carbocycles. The summed E-state index contributed by atoms with van der Waals surface area (Å²) in [6.45, 7) is 0. The Labute approximate surface area is 121 Å². The van der Waals surface area contributed by atoms with E-state index in [1.807, 2.05) is 0 Å². The van der Waals surface area contributed by atoms with Crippen LogP contribution in [0.1, 0.15) is 25.7 Å². The first-order valence-corrected chi connectivity index (χ1v) is 9.01. The van der Waals surface area contributed by atoms with Crippen molar-refractivity contribution in [2.45, 2.75) is 37.0 Å². The molecule has 1 N–H and O–H groups in total. The van der Waals surface area contributed by atoms with E-state index in [1.165, 1.54) is 18.4 Å². The predicted molar refractivity (Wildman–Crippen MR) is 78.6 cm³/mol. The molecule has 106 valence electrons. The molecule has 3 nitrogen and oxygen atoms in total. The third-order valence-corrected chi connectivity index (χ3v) is 5.85. The number of halogens is 2. The summed E-state index contributed by atoms with van der Waals surface area (Å²) < 4.78 is 37.2. The zero-order chi connectivity index (χ0) is 14.0. The molecular formula is C13H17BrFNO2S. The van der Waals surface area contributed by atoms with Gasteiger partial charge in [0, 0.05) is 16.8 Å². The molecule has 2 rings (SSSR count). The van der Waals surface area contributed by atoms with Gasteiger partial charge in [-0.3, -0.25) is 0 Å². The van der Waals surface area contributed by atoms with Crippen molar-refractivity contribution in [3.05, 3.63) is 28.5 Å². The van der Waals surface area contributed by atoms with Crippen LogP contribution in [0.25, 0.3) is 0 Å². The molecule has 0 aliphatic heterocycles. The van der Waals surface area contributed by atoms with Gasteiger partial charge in [0.15, 0.2) is 0 Å². The molecule has 1 aliphatic rings. The molecule has 6 heteroatoms. The van der Waals surface area contributed by atoms with E-state index in [0.29, 0.717) is 12.1 Å². The normalized spacial score (nSPS) is 24.2. The number of hydrogen-bond donors (Lipinski definition) is 1. The van der Waals surface area contributed by atoms with Crippen LogP contribution < -0.4 is 5.32 Å². The maximum Gasteiger partial charge on any atom is 0.150 e. The largest absolute Gasteiger partial charge is 0.381 e. The molecule has 1 saturated carbocycles. The Balaban J connectivity index is 2.09. The Kier molecular flexibility index (Phi) is 4.50. The first kappa shape index (κ1) is 14.8. The van der Waals surface area contributed by atoms with E-state index < -0.39 is 9.84 Å². The van der Waals surface area contributed by atoms with Gasteiger partial charge in [0.05, 0.1) is 10.9 Å². The molecule has 0 saturated heterocycles. The van der Waals surface area contributed by atoms with Crippen LogP contribution in [0.5, 0.6) is 0 Å². The average molecular weight is 350 g/mol. The first-order chi connectivity index (χ1) is 8.86. The van der Waals surface area contributed by atoms with Gasteiger partial charge >= 0.3 is 0 Å². The van der Waals surface area contributed by atoms with E-state index in [4.69, 9.17) is 0 Å². The van der Waals surface area contributed by atoms with E-state index in [1.54, 1.807) is 6.07 Å². The number of nitrogens with one attached hydrogen (secondary N) is 1. The van der Waals surface area contributed by atoms with Crippen LogP contribution in [-0.4, -0.2) is 26.0 Å². The Morgan fingerprint density at radius 1 is 1.37 bits per heavy atom. The number of anilines is 1. The fourth-order valence-electron chi connectivity index (χ4n) is 2.49. The van der Waals surface area contributed by atoms with Gasteiger partial charge in [-0.05, 0) is 53.4 Å². The van der Waals surface area contributed by atoms with E-state index in [9.17, 15) is 12.8 Å². The molecule has 0 bridgehead atoms. The quantitative estimate of drug-likeness (QED) is 0.909. The van der Waals surface area contributed by atoms with Crippen molar-refractivity contribution in [2.75, 3.05) is 11.6 Å². The van der Waals surface area contributed by atoms with Gasteiger partial charge in [-0.1, -0.05) is 6.42 Å². The molecule has 0 heterocycles. The molecule has 1 aromatic carbocycles. The van der Waals surface area contributed by atoms with Crippen LogP contribution in [0.4, 0.5) is 10.1 Å². The second-order valence-corrected chi connectivity index (χ2v) is 8.26. The fourth-order valence-corrected chi connectivity index (χ4v) is 4.03. The molecule has 1 aromatic rings. The third-order valence-electron chi connectivity index (χ3n) is 3.52. The highest BCUT2D eigenvalue weighted by Crippen LogP contribution is 2.29. The minimum absolute atomic E-state index is 0.0755. The molecule has 2 atom stereocenters. The highest BCUT2D eigenvalue weighted by atomic mass is 79.9. The van der Waals surface area contributed by atoms with E-state index in [2.05, 4.69) is 21.2 Å². The molecule has 0 radical (unpaired) electrons. The van der Waals surface area contributed by atoms with E-state index in [0.717, 1.165) is 23.7 Å². The highest BCUT2D eigenvalue weighted by molar-refractivity contribution is 9.10. The van der Waals surface area contributed by atoms with Gasteiger partial charge in [0.25, 0.3) is 0 Å². The van der Waals surface area contributed by atoms with Gasteiger partial charge in [-0.2, -0.15) is 0 Å². The molecular weight excluding hydrogens is 333 g/mol. The number of sulfone groups is 1. The summed E-state index contributed by atoms with van der Waals surface area (Å²) in [6, 6.07) is 4.53. The minimum atomic E-state index is -3.00. The van der Waals surface area contributed by atoms with Crippen LogP contribution in [0.2, 0.25) is 0 Å². The zero-order valence-electron chi connectivity index (χ0n) is 10.7. The van der Waals surface area contributed by atoms with Crippen molar-refractivity contribution in [1.82, 2.24) is 0 Å². The number of rotatable bonds is 3. The molecule has 19 heavy (non-hydrogen) atoms. The second kappa shape index (κ2) is 5.79. The van der Waals surface area contributed by atoms with Gasteiger partial charge in [-0.25, -0.2) is 12.8 Å². The Bertz CT molecular complexity index is 562. The summed E-state index contributed by atoms with van der Waals surface area (Å²) in [4.78, 5) is 0. The zero-order valence-corrected chi connectivity index (χ0v) is 13.1. The average Bonchev–Trinajstić information content (AvgIpc) is 2.33. The van der Waals surface area contributed by atoms with Crippen molar-refractivity contribution < 1.29 is 12.8 Å². The van der Waals surface area contributed by atoms with Crippen LogP contribution >= 0.6 is 15.9 Å². The number of hydrogen-bond acceptors (Lipinski definition) is 3. The summed E-state index contributed by atoms with van der Waals surface area (Å²) in [5.41, 5.74) is 0.680. The summed E-state index contributed by atoms with van der Waals surface area (Å²) >= 11 is 3.36. The summed E-state index contributed by atoms with van der Waals surface area (Å²) in [5.74, 6) is -0.304. The lowest BCUT2D eigenvalue weighted by molar-refractivity contribution is 0.452. The molecule has 0 spiro atoms. The number of benzene rings is 1. The Morgan fingerprint density at radius 3 is 2.79 bits per heavy atom. The van der Waals surface area contributed by atoms with Gasteiger partial charge in [-0.15, -0.1) is 0 Å². The maximum absolute atomic E-state index is 13.2. The summed E-state index contributed by atoms with van der Waals surface area (Å²) in [6.07, 6.45) is 4.39. The predicted octanol–water partition coefficient (Wildman–Crippen LogP) is 3.36. The standard InChI is InChI=1S/C13H17BrFNO2S/c1-19(17,18)11-4-2-3-10(8-11)16-13-7-9(15)5-6-12(13)14/h5-7,10-11,16H,2-4,8H2,1H3. The van der Waals surface area contributed by atoms with Crippen LogP contribution in [-0.2, 0) is 9.84 Å². The lowest BCUT2D eigenvalue weighted by atomic mass is 9.95.